The van der Waals surface area contributed by atoms with Gasteiger partial charge in [-0.1, -0.05) is 23.7 Å². The first kappa shape index (κ1) is 21.2. The van der Waals surface area contributed by atoms with Crippen LogP contribution in [0.4, 0.5) is 5.69 Å². The van der Waals surface area contributed by atoms with Crippen LogP contribution in [0.1, 0.15) is 26.8 Å². The molecule has 0 saturated carbocycles. The van der Waals surface area contributed by atoms with Crippen molar-refractivity contribution in [2.75, 3.05) is 11.1 Å². The Morgan fingerprint density at radius 1 is 1.28 bits per heavy atom. The number of hydrogen-bond acceptors (Lipinski definition) is 6. The highest BCUT2D eigenvalue weighted by Gasteiger charge is 2.17. The van der Waals surface area contributed by atoms with Gasteiger partial charge in [0.15, 0.2) is 0 Å². The second kappa shape index (κ2) is 10.3. The van der Waals surface area contributed by atoms with Crippen molar-refractivity contribution in [3.05, 3.63) is 69.1 Å². The van der Waals surface area contributed by atoms with E-state index in [1.165, 1.54) is 11.3 Å². The van der Waals surface area contributed by atoms with Crippen molar-refractivity contribution in [3.8, 4) is 11.8 Å². The number of halogens is 1. The minimum atomic E-state index is -0.203. The van der Waals surface area contributed by atoms with Crippen LogP contribution in [0.15, 0.2) is 53.4 Å². The Labute approximate surface area is 182 Å². The summed E-state index contributed by atoms with van der Waals surface area (Å²) in [4.78, 5) is 18.7. The maximum Gasteiger partial charge on any atom is 0.267 e. The number of aryl methyl sites for hydroxylation is 1. The van der Waals surface area contributed by atoms with Crippen molar-refractivity contribution in [3.63, 3.8) is 0 Å². The van der Waals surface area contributed by atoms with E-state index >= 15 is 0 Å². The van der Waals surface area contributed by atoms with Gasteiger partial charge in [-0.25, -0.2) is 4.98 Å². The summed E-state index contributed by atoms with van der Waals surface area (Å²) in [6.45, 7) is 2.09. The molecule has 2 aromatic carbocycles. The molecule has 5 nitrogen and oxygen atoms in total. The van der Waals surface area contributed by atoms with Crippen LogP contribution in [0.5, 0.6) is 5.75 Å². The van der Waals surface area contributed by atoms with Gasteiger partial charge in [-0.05, 0) is 43.3 Å². The smallest absolute Gasteiger partial charge is 0.267 e. The highest BCUT2D eigenvalue weighted by atomic mass is 35.5. The predicted octanol–water partition coefficient (Wildman–Crippen LogP) is 5.94. The van der Waals surface area contributed by atoms with Gasteiger partial charge in [0, 0.05) is 22.1 Å². The molecule has 0 spiro atoms. The molecule has 0 aliphatic carbocycles. The molecular formula is C21H18ClN3O2S2. The number of nitrogens with zero attached hydrogens (tertiary/aromatic N) is 2. The Balaban J connectivity index is 1.66. The standard InChI is InChI=1S/C21H18ClN3O2S2/c1-14-20(29-19(24-14)13-27-16-9-7-15(22)8-10-16)21(26)25-17-5-2-3-6-18(17)28-12-4-11-23/h2-3,5-10H,4,12-13H2,1H3,(H,25,26). The fourth-order valence-electron chi connectivity index (χ4n) is 2.48. The van der Waals surface area contributed by atoms with Crippen LogP contribution in [0.2, 0.25) is 5.02 Å². The van der Waals surface area contributed by atoms with Crippen LogP contribution in [0.3, 0.4) is 0 Å². The van der Waals surface area contributed by atoms with E-state index in [1.807, 2.05) is 31.2 Å². The third kappa shape index (κ3) is 5.97. The molecule has 0 aliphatic heterocycles. The predicted molar refractivity (Wildman–Crippen MR) is 118 cm³/mol. The average Bonchev–Trinajstić information content (AvgIpc) is 3.10. The van der Waals surface area contributed by atoms with Gasteiger partial charge in [0.05, 0.1) is 17.5 Å². The average molecular weight is 444 g/mol. The molecule has 0 saturated heterocycles. The minimum absolute atomic E-state index is 0.203. The summed E-state index contributed by atoms with van der Waals surface area (Å²) in [6.07, 6.45) is 0.456. The first-order chi connectivity index (χ1) is 14.1. The summed E-state index contributed by atoms with van der Waals surface area (Å²) in [5.74, 6) is 1.16. The molecule has 29 heavy (non-hydrogen) atoms. The van der Waals surface area contributed by atoms with Crippen molar-refractivity contribution in [1.29, 1.82) is 5.26 Å². The van der Waals surface area contributed by atoms with E-state index in [1.54, 1.807) is 36.0 Å². The van der Waals surface area contributed by atoms with E-state index < -0.39 is 0 Å². The molecule has 0 aliphatic rings. The molecule has 3 aromatic rings. The van der Waals surface area contributed by atoms with Crippen LogP contribution in [0, 0.1) is 18.3 Å². The van der Waals surface area contributed by atoms with Gasteiger partial charge < -0.3 is 10.1 Å². The Hall–Kier alpha value is -2.53. The third-order valence-electron chi connectivity index (χ3n) is 3.83. The number of para-hydroxylation sites is 1. The molecule has 0 fully saturated rings. The number of carbonyl (C=O) groups is 1. The molecule has 3 rings (SSSR count). The minimum Gasteiger partial charge on any atom is -0.486 e. The van der Waals surface area contributed by atoms with Crippen molar-refractivity contribution in [2.24, 2.45) is 0 Å². The topological polar surface area (TPSA) is 75.0 Å². The zero-order chi connectivity index (χ0) is 20.6. The highest BCUT2D eigenvalue weighted by Crippen LogP contribution is 2.29. The van der Waals surface area contributed by atoms with Gasteiger partial charge in [0.25, 0.3) is 5.91 Å². The van der Waals surface area contributed by atoms with E-state index in [4.69, 9.17) is 21.6 Å². The first-order valence-corrected chi connectivity index (χ1v) is 11.0. The Kier molecular flexibility index (Phi) is 7.53. The van der Waals surface area contributed by atoms with Gasteiger partial charge in [0.1, 0.15) is 22.2 Å². The lowest BCUT2D eigenvalue weighted by atomic mass is 10.3. The molecule has 0 bridgehead atoms. The summed E-state index contributed by atoms with van der Waals surface area (Å²) in [5.41, 5.74) is 1.39. The largest absolute Gasteiger partial charge is 0.486 e. The fourth-order valence-corrected chi connectivity index (χ4v) is 4.34. The number of benzene rings is 2. The number of aromatic nitrogens is 1. The lowest BCUT2D eigenvalue weighted by Gasteiger charge is -2.09. The zero-order valence-electron chi connectivity index (χ0n) is 15.6. The summed E-state index contributed by atoms with van der Waals surface area (Å²) < 4.78 is 5.72. The van der Waals surface area contributed by atoms with E-state index in [-0.39, 0.29) is 12.5 Å². The number of thiazole rings is 1. The molecule has 8 heteroatoms. The van der Waals surface area contributed by atoms with Crippen LogP contribution < -0.4 is 10.1 Å². The molecule has 1 N–H and O–H groups in total. The van der Waals surface area contributed by atoms with Crippen molar-refractivity contribution in [2.45, 2.75) is 24.8 Å². The van der Waals surface area contributed by atoms with Crippen molar-refractivity contribution >= 4 is 46.3 Å². The Bertz CT molecular complexity index is 1030. The first-order valence-electron chi connectivity index (χ1n) is 8.81. The quantitative estimate of drug-likeness (QED) is 0.344. The van der Waals surface area contributed by atoms with E-state index in [0.29, 0.717) is 33.5 Å². The van der Waals surface area contributed by atoms with Gasteiger partial charge in [-0.15, -0.1) is 23.1 Å². The number of anilines is 1. The second-order valence-electron chi connectivity index (χ2n) is 5.97. The number of thioether (sulfide) groups is 1. The maximum atomic E-state index is 12.8. The number of amides is 1. The van der Waals surface area contributed by atoms with Crippen LogP contribution >= 0.6 is 34.7 Å². The van der Waals surface area contributed by atoms with Gasteiger partial charge >= 0.3 is 0 Å². The van der Waals surface area contributed by atoms with Crippen LogP contribution in [0.25, 0.3) is 0 Å². The molecule has 1 heterocycles. The maximum absolute atomic E-state index is 12.8. The normalized spacial score (nSPS) is 10.4. The summed E-state index contributed by atoms with van der Waals surface area (Å²) in [6, 6.07) is 16.8. The third-order valence-corrected chi connectivity index (χ3v) is 6.29. The molecule has 0 unspecified atom stereocenters. The second-order valence-corrected chi connectivity index (χ2v) is 8.63. The van der Waals surface area contributed by atoms with Crippen molar-refractivity contribution in [1.82, 2.24) is 4.98 Å². The lowest BCUT2D eigenvalue weighted by molar-refractivity contribution is 0.102. The van der Waals surface area contributed by atoms with E-state index in [2.05, 4.69) is 16.4 Å². The van der Waals surface area contributed by atoms with Gasteiger partial charge in [-0.3, -0.25) is 4.79 Å². The van der Waals surface area contributed by atoms with Crippen molar-refractivity contribution < 1.29 is 9.53 Å². The molecule has 0 radical (unpaired) electrons. The number of hydrogen-bond donors (Lipinski definition) is 1. The number of ether oxygens (including phenoxy) is 1. The zero-order valence-corrected chi connectivity index (χ0v) is 18.0. The molecule has 0 atom stereocenters. The highest BCUT2D eigenvalue weighted by molar-refractivity contribution is 7.99. The SMILES string of the molecule is Cc1nc(COc2ccc(Cl)cc2)sc1C(=O)Nc1ccccc1SCCC#N. The Morgan fingerprint density at radius 3 is 2.79 bits per heavy atom. The molecule has 1 aromatic heterocycles. The Morgan fingerprint density at radius 2 is 2.03 bits per heavy atom. The van der Waals surface area contributed by atoms with Gasteiger partial charge in [-0.2, -0.15) is 5.26 Å². The monoisotopic (exact) mass is 443 g/mol. The molecular weight excluding hydrogens is 426 g/mol. The van der Waals surface area contributed by atoms with Crippen LogP contribution in [-0.2, 0) is 6.61 Å². The summed E-state index contributed by atoms with van der Waals surface area (Å²) in [7, 11) is 0. The lowest BCUT2D eigenvalue weighted by Crippen LogP contribution is -2.12. The van der Waals surface area contributed by atoms with E-state index in [0.717, 1.165) is 15.6 Å². The summed E-state index contributed by atoms with van der Waals surface area (Å²) in [5, 5.41) is 13.0. The molecule has 1 amide bonds. The molecule has 148 valence electrons. The number of nitrogens with one attached hydrogen (secondary N) is 1. The number of carbonyl (C=O) groups excluding carboxylic acids is 1. The summed E-state index contributed by atoms with van der Waals surface area (Å²) >= 11 is 8.73. The van der Waals surface area contributed by atoms with Gasteiger partial charge in [0.2, 0.25) is 0 Å². The van der Waals surface area contributed by atoms with Crippen LogP contribution in [-0.4, -0.2) is 16.6 Å². The number of rotatable bonds is 8. The number of nitriles is 1. The fraction of sp³-hybridized carbons (Fsp3) is 0.190. The van der Waals surface area contributed by atoms with E-state index in [9.17, 15) is 4.79 Å².